The van der Waals surface area contributed by atoms with Gasteiger partial charge >= 0.3 is 0 Å². The summed E-state index contributed by atoms with van der Waals surface area (Å²) < 4.78 is 22.8. The fraction of sp³-hybridized carbons (Fsp3) is 0.0667. The van der Waals surface area contributed by atoms with Crippen molar-refractivity contribution in [2.75, 3.05) is 11.6 Å². The average Bonchev–Trinajstić information content (AvgIpc) is 3.05. The molecule has 0 aliphatic carbocycles. The van der Waals surface area contributed by atoms with E-state index in [1.807, 2.05) is 0 Å². The molecule has 0 radical (unpaired) electrons. The van der Waals surface area contributed by atoms with Crippen LogP contribution in [-0.2, 0) is 9.84 Å². The van der Waals surface area contributed by atoms with Crippen LogP contribution in [0.5, 0.6) is 0 Å². The van der Waals surface area contributed by atoms with Gasteiger partial charge in [-0.05, 0) is 30.3 Å². The number of hydrogen-bond acceptors (Lipinski definition) is 7. The predicted octanol–water partition coefficient (Wildman–Crippen LogP) is 2.26. The van der Waals surface area contributed by atoms with Crippen molar-refractivity contribution < 1.29 is 13.2 Å². The van der Waals surface area contributed by atoms with E-state index in [1.165, 1.54) is 35.6 Å². The second-order valence-corrected chi connectivity index (χ2v) is 7.73. The van der Waals surface area contributed by atoms with Crippen LogP contribution in [0.4, 0.5) is 5.69 Å². The summed E-state index contributed by atoms with van der Waals surface area (Å²) in [6.45, 7) is 0. The highest BCUT2D eigenvalue weighted by Crippen LogP contribution is 2.20. The summed E-state index contributed by atoms with van der Waals surface area (Å²) in [5, 5.41) is 4.84. The first-order chi connectivity index (χ1) is 11.4. The minimum absolute atomic E-state index is 0.192. The minimum Gasteiger partial charge on any atom is -0.321 e. The van der Waals surface area contributed by atoms with Gasteiger partial charge in [0.15, 0.2) is 20.7 Å². The Bertz CT molecular complexity index is 967. The SMILES string of the molecule is CS(=O)(=O)c1ccc(NC(=O)c2csc(-c3ncccn3)n2)cc1. The highest BCUT2D eigenvalue weighted by Gasteiger charge is 2.14. The van der Waals surface area contributed by atoms with Crippen molar-refractivity contribution >= 4 is 32.8 Å². The van der Waals surface area contributed by atoms with Gasteiger partial charge < -0.3 is 5.32 Å². The molecule has 1 N–H and O–H groups in total. The largest absolute Gasteiger partial charge is 0.321 e. The zero-order chi connectivity index (χ0) is 17.2. The van der Waals surface area contributed by atoms with Crippen molar-refractivity contribution in [2.24, 2.45) is 0 Å². The molecule has 0 bridgehead atoms. The maximum Gasteiger partial charge on any atom is 0.275 e. The normalized spacial score (nSPS) is 11.2. The number of benzene rings is 1. The molecule has 0 unspecified atom stereocenters. The van der Waals surface area contributed by atoms with Crippen LogP contribution < -0.4 is 5.32 Å². The lowest BCUT2D eigenvalue weighted by atomic mass is 10.3. The van der Waals surface area contributed by atoms with E-state index in [9.17, 15) is 13.2 Å². The number of carbonyl (C=O) groups is 1. The molecule has 1 aromatic carbocycles. The summed E-state index contributed by atoms with van der Waals surface area (Å²) in [7, 11) is -3.26. The van der Waals surface area contributed by atoms with E-state index in [1.54, 1.807) is 23.8 Å². The number of anilines is 1. The van der Waals surface area contributed by atoms with Crippen LogP contribution in [0, 0.1) is 0 Å². The first-order valence-electron chi connectivity index (χ1n) is 6.78. The molecule has 2 heterocycles. The molecule has 0 saturated heterocycles. The van der Waals surface area contributed by atoms with E-state index in [4.69, 9.17) is 0 Å². The number of aromatic nitrogens is 3. The summed E-state index contributed by atoms with van der Waals surface area (Å²) in [4.78, 5) is 24.8. The Morgan fingerprint density at radius 2 is 1.79 bits per heavy atom. The summed E-state index contributed by atoms with van der Waals surface area (Å²) in [5.41, 5.74) is 0.729. The Balaban J connectivity index is 1.75. The van der Waals surface area contributed by atoms with Crippen molar-refractivity contribution in [1.29, 1.82) is 0 Å². The van der Waals surface area contributed by atoms with Crippen LogP contribution in [-0.4, -0.2) is 35.5 Å². The fourth-order valence-corrected chi connectivity index (χ4v) is 3.25. The summed E-state index contributed by atoms with van der Waals surface area (Å²) in [5.74, 6) is 0.0691. The van der Waals surface area contributed by atoms with E-state index in [0.29, 0.717) is 16.5 Å². The van der Waals surface area contributed by atoms with Gasteiger partial charge in [-0.25, -0.2) is 23.4 Å². The van der Waals surface area contributed by atoms with Gasteiger partial charge in [-0.2, -0.15) is 0 Å². The van der Waals surface area contributed by atoms with Crippen molar-refractivity contribution in [1.82, 2.24) is 15.0 Å². The van der Waals surface area contributed by atoms with Gasteiger partial charge in [0.25, 0.3) is 5.91 Å². The predicted molar refractivity (Wildman–Crippen MR) is 90.6 cm³/mol. The number of rotatable bonds is 4. The maximum atomic E-state index is 12.2. The number of hydrogen-bond donors (Lipinski definition) is 1. The average molecular weight is 360 g/mol. The third-order valence-electron chi connectivity index (χ3n) is 3.03. The standard InChI is InChI=1S/C15H12N4O3S2/c1-24(21,22)11-5-3-10(4-6-11)18-14(20)12-9-23-15(19-12)13-16-7-2-8-17-13/h2-9H,1H3,(H,18,20). The van der Waals surface area contributed by atoms with Crippen LogP contribution in [0.3, 0.4) is 0 Å². The number of sulfone groups is 1. The quantitative estimate of drug-likeness (QED) is 0.766. The van der Waals surface area contributed by atoms with Crippen LogP contribution in [0.25, 0.3) is 10.8 Å². The molecule has 0 aliphatic rings. The van der Waals surface area contributed by atoms with E-state index in [2.05, 4.69) is 20.3 Å². The van der Waals surface area contributed by atoms with Gasteiger partial charge in [0, 0.05) is 29.7 Å². The minimum atomic E-state index is -3.26. The molecule has 3 aromatic rings. The van der Waals surface area contributed by atoms with Gasteiger partial charge in [0.05, 0.1) is 4.90 Å². The summed E-state index contributed by atoms with van der Waals surface area (Å²) in [6.07, 6.45) is 4.34. The molecule has 0 atom stereocenters. The lowest BCUT2D eigenvalue weighted by Gasteiger charge is -2.04. The van der Waals surface area contributed by atoms with Crippen molar-refractivity contribution in [3.8, 4) is 10.8 Å². The molecular weight excluding hydrogens is 348 g/mol. The number of thiazole rings is 1. The second kappa shape index (κ2) is 6.46. The number of amides is 1. The Labute approximate surface area is 142 Å². The van der Waals surface area contributed by atoms with Crippen molar-refractivity contribution in [3.63, 3.8) is 0 Å². The Morgan fingerprint density at radius 3 is 2.42 bits per heavy atom. The molecule has 122 valence electrons. The van der Waals surface area contributed by atoms with Crippen LogP contribution >= 0.6 is 11.3 Å². The highest BCUT2D eigenvalue weighted by atomic mass is 32.2. The van der Waals surface area contributed by atoms with Gasteiger partial charge in [0.2, 0.25) is 0 Å². The first kappa shape index (κ1) is 16.2. The Morgan fingerprint density at radius 1 is 1.12 bits per heavy atom. The third-order valence-corrected chi connectivity index (χ3v) is 5.00. The molecule has 3 rings (SSSR count). The Hall–Kier alpha value is -2.65. The van der Waals surface area contributed by atoms with Gasteiger partial charge in [-0.1, -0.05) is 0 Å². The maximum absolute atomic E-state index is 12.2. The number of carbonyl (C=O) groups excluding carboxylic acids is 1. The lowest BCUT2D eigenvalue weighted by molar-refractivity contribution is 0.102. The summed E-state index contributed by atoms with van der Waals surface area (Å²) in [6, 6.07) is 7.64. The van der Waals surface area contributed by atoms with Crippen LogP contribution in [0.2, 0.25) is 0 Å². The molecule has 24 heavy (non-hydrogen) atoms. The molecule has 0 fully saturated rings. The molecule has 0 spiro atoms. The lowest BCUT2D eigenvalue weighted by Crippen LogP contribution is -2.12. The topological polar surface area (TPSA) is 102 Å². The second-order valence-electron chi connectivity index (χ2n) is 4.86. The van der Waals surface area contributed by atoms with Crippen LogP contribution in [0.15, 0.2) is 53.0 Å². The van der Waals surface area contributed by atoms with Gasteiger partial charge in [-0.15, -0.1) is 11.3 Å². The third kappa shape index (κ3) is 3.63. The highest BCUT2D eigenvalue weighted by molar-refractivity contribution is 7.90. The van der Waals surface area contributed by atoms with Crippen LogP contribution in [0.1, 0.15) is 10.5 Å². The number of nitrogens with zero attached hydrogens (tertiary/aromatic N) is 3. The zero-order valence-electron chi connectivity index (χ0n) is 12.5. The zero-order valence-corrected chi connectivity index (χ0v) is 14.1. The fourth-order valence-electron chi connectivity index (χ4n) is 1.87. The van der Waals surface area contributed by atoms with Gasteiger partial charge in [0.1, 0.15) is 5.69 Å². The Kier molecular flexibility index (Phi) is 4.36. The molecule has 7 nitrogen and oxygen atoms in total. The number of nitrogens with one attached hydrogen (secondary N) is 1. The molecule has 2 aromatic heterocycles. The van der Waals surface area contributed by atoms with E-state index < -0.39 is 9.84 Å². The van der Waals surface area contributed by atoms with E-state index in [-0.39, 0.29) is 16.5 Å². The van der Waals surface area contributed by atoms with Crippen molar-refractivity contribution in [2.45, 2.75) is 4.90 Å². The molecule has 9 heteroatoms. The van der Waals surface area contributed by atoms with Gasteiger partial charge in [-0.3, -0.25) is 4.79 Å². The molecular formula is C15H12N4O3S2. The van der Waals surface area contributed by atoms with E-state index in [0.717, 1.165) is 6.26 Å². The smallest absolute Gasteiger partial charge is 0.275 e. The van der Waals surface area contributed by atoms with Crippen molar-refractivity contribution in [3.05, 3.63) is 53.8 Å². The monoisotopic (exact) mass is 360 g/mol. The molecule has 0 saturated carbocycles. The first-order valence-corrected chi connectivity index (χ1v) is 9.55. The van der Waals surface area contributed by atoms with E-state index >= 15 is 0 Å². The molecule has 1 amide bonds. The summed E-state index contributed by atoms with van der Waals surface area (Å²) >= 11 is 1.27. The molecule has 0 aliphatic heterocycles.